The zero-order chi connectivity index (χ0) is 21.7. The molecule has 0 spiro atoms. The van der Waals surface area contributed by atoms with E-state index in [-0.39, 0.29) is 16.2 Å². The smallest absolute Gasteiger partial charge is 0.267 e. The first-order valence-electron chi connectivity index (χ1n) is 9.43. The van der Waals surface area contributed by atoms with Gasteiger partial charge in [0.15, 0.2) is 0 Å². The second-order valence-electron chi connectivity index (χ2n) is 6.41. The number of hydrazine groups is 1. The van der Waals surface area contributed by atoms with Gasteiger partial charge in [-0.2, -0.15) is 4.31 Å². The predicted octanol–water partition coefficient (Wildman–Crippen LogP) is 2.34. The van der Waals surface area contributed by atoms with Crippen LogP contribution < -0.4 is 10.9 Å². The van der Waals surface area contributed by atoms with Crippen LogP contribution in [0.3, 0.4) is 0 Å². The van der Waals surface area contributed by atoms with Crippen LogP contribution in [0.1, 0.15) is 34.7 Å². The number of fused-ring (bicyclic) bond motifs is 1. The molecule has 9 heteroatoms. The first-order valence-corrected chi connectivity index (χ1v) is 10.9. The van der Waals surface area contributed by atoms with Crippen molar-refractivity contribution in [3.63, 3.8) is 0 Å². The van der Waals surface area contributed by atoms with Gasteiger partial charge in [0.05, 0.1) is 10.4 Å². The highest BCUT2D eigenvalue weighted by molar-refractivity contribution is 7.89. The number of sulfonamides is 1. The molecule has 2 aromatic carbocycles. The molecule has 1 aromatic heterocycles. The SMILES string of the molecule is CCN(CC)S(=O)(=O)c1ccc(C(=O)NNC(=O)c2ccc3ccccc3n2)cc1. The molecule has 3 rings (SSSR count). The van der Waals surface area contributed by atoms with Crippen LogP contribution in [-0.2, 0) is 10.0 Å². The van der Waals surface area contributed by atoms with Crippen LogP contribution >= 0.6 is 0 Å². The van der Waals surface area contributed by atoms with Gasteiger partial charge < -0.3 is 0 Å². The fourth-order valence-electron chi connectivity index (χ4n) is 2.93. The number of nitrogens with zero attached hydrogens (tertiary/aromatic N) is 2. The van der Waals surface area contributed by atoms with Gasteiger partial charge in [-0.05, 0) is 36.4 Å². The Balaban J connectivity index is 1.66. The van der Waals surface area contributed by atoms with Crippen LogP contribution in [0.2, 0.25) is 0 Å². The number of aromatic nitrogens is 1. The molecule has 0 bridgehead atoms. The van der Waals surface area contributed by atoms with E-state index in [1.165, 1.54) is 28.6 Å². The van der Waals surface area contributed by atoms with Gasteiger partial charge in [-0.25, -0.2) is 13.4 Å². The van der Waals surface area contributed by atoms with Gasteiger partial charge in [0.1, 0.15) is 5.69 Å². The number of amides is 2. The summed E-state index contributed by atoms with van der Waals surface area (Å²) in [4.78, 5) is 28.9. The molecule has 1 heterocycles. The van der Waals surface area contributed by atoms with Gasteiger partial charge in [0, 0.05) is 24.0 Å². The lowest BCUT2D eigenvalue weighted by Crippen LogP contribution is -2.42. The number of carbonyl (C=O) groups excluding carboxylic acids is 2. The molecule has 8 nitrogen and oxygen atoms in total. The summed E-state index contributed by atoms with van der Waals surface area (Å²) in [6.45, 7) is 4.23. The summed E-state index contributed by atoms with van der Waals surface area (Å²) in [7, 11) is -3.60. The average Bonchev–Trinajstić information content (AvgIpc) is 2.77. The van der Waals surface area contributed by atoms with Crippen LogP contribution in [0, 0.1) is 0 Å². The molecular formula is C21H22N4O4S. The van der Waals surface area contributed by atoms with Crippen LogP contribution in [0.5, 0.6) is 0 Å². The molecule has 0 radical (unpaired) electrons. The normalized spacial score (nSPS) is 11.4. The van der Waals surface area contributed by atoms with Crippen molar-refractivity contribution in [2.45, 2.75) is 18.7 Å². The maximum atomic E-state index is 12.5. The van der Waals surface area contributed by atoms with E-state index in [0.717, 1.165) is 5.39 Å². The second-order valence-corrected chi connectivity index (χ2v) is 8.35. The molecule has 0 aliphatic carbocycles. The third-order valence-corrected chi connectivity index (χ3v) is 6.64. The van der Waals surface area contributed by atoms with Gasteiger partial charge in [-0.15, -0.1) is 0 Å². The fourth-order valence-corrected chi connectivity index (χ4v) is 4.39. The quantitative estimate of drug-likeness (QED) is 0.588. The standard InChI is InChI=1S/C21H22N4O4S/c1-3-25(4-2)30(28,29)17-12-9-16(10-13-17)20(26)23-24-21(27)19-14-11-15-7-5-6-8-18(15)22-19/h5-14H,3-4H2,1-2H3,(H,23,26)(H,24,27). The minimum atomic E-state index is -3.60. The molecule has 0 saturated carbocycles. The summed E-state index contributed by atoms with van der Waals surface area (Å²) in [5.74, 6) is -1.13. The fraction of sp³-hybridized carbons (Fsp3) is 0.190. The molecule has 2 amide bonds. The molecule has 0 aliphatic heterocycles. The molecule has 0 saturated heterocycles. The number of para-hydroxylation sites is 1. The number of hydrogen-bond donors (Lipinski definition) is 2. The Morgan fingerprint density at radius 1 is 0.867 bits per heavy atom. The zero-order valence-electron chi connectivity index (χ0n) is 16.6. The first-order chi connectivity index (χ1) is 14.4. The lowest BCUT2D eigenvalue weighted by atomic mass is 10.2. The van der Waals surface area contributed by atoms with Gasteiger partial charge in [0.2, 0.25) is 10.0 Å². The van der Waals surface area contributed by atoms with Crippen LogP contribution in [0.15, 0.2) is 65.6 Å². The summed E-state index contributed by atoms with van der Waals surface area (Å²) < 4.78 is 26.3. The van der Waals surface area contributed by atoms with Crippen molar-refractivity contribution in [2.24, 2.45) is 0 Å². The molecule has 30 heavy (non-hydrogen) atoms. The number of nitrogens with one attached hydrogen (secondary N) is 2. The summed E-state index contributed by atoms with van der Waals surface area (Å²) in [5.41, 5.74) is 5.66. The van der Waals surface area contributed by atoms with E-state index in [4.69, 9.17) is 0 Å². The van der Waals surface area contributed by atoms with E-state index < -0.39 is 21.8 Å². The Morgan fingerprint density at radius 2 is 1.50 bits per heavy atom. The number of benzene rings is 2. The largest absolute Gasteiger partial charge is 0.288 e. The van der Waals surface area contributed by atoms with Crippen LogP contribution in [0.4, 0.5) is 0 Å². The summed E-state index contributed by atoms with van der Waals surface area (Å²) in [6, 6.07) is 16.2. The van der Waals surface area contributed by atoms with E-state index in [9.17, 15) is 18.0 Å². The summed E-state index contributed by atoms with van der Waals surface area (Å²) in [5, 5.41) is 0.901. The van der Waals surface area contributed by atoms with Crippen molar-refractivity contribution in [1.82, 2.24) is 20.1 Å². The van der Waals surface area contributed by atoms with Crippen LogP contribution in [-0.4, -0.2) is 42.6 Å². The summed E-state index contributed by atoms with van der Waals surface area (Å²) in [6.07, 6.45) is 0. The van der Waals surface area contributed by atoms with E-state index in [2.05, 4.69) is 15.8 Å². The minimum absolute atomic E-state index is 0.104. The third kappa shape index (κ3) is 4.47. The van der Waals surface area contributed by atoms with Crippen LogP contribution in [0.25, 0.3) is 10.9 Å². The van der Waals surface area contributed by atoms with Gasteiger partial charge in [-0.3, -0.25) is 20.4 Å². The molecule has 0 fully saturated rings. The van der Waals surface area contributed by atoms with Crippen molar-refractivity contribution in [3.05, 3.63) is 71.9 Å². The molecule has 3 aromatic rings. The van der Waals surface area contributed by atoms with E-state index in [0.29, 0.717) is 18.6 Å². The van der Waals surface area contributed by atoms with Crippen molar-refractivity contribution in [3.8, 4) is 0 Å². The Morgan fingerprint density at radius 3 is 2.17 bits per heavy atom. The molecular weight excluding hydrogens is 404 g/mol. The number of rotatable bonds is 6. The molecule has 0 atom stereocenters. The van der Waals surface area contributed by atoms with Crippen molar-refractivity contribution < 1.29 is 18.0 Å². The topological polar surface area (TPSA) is 108 Å². The predicted molar refractivity (Wildman–Crippen MR) is 113 cm³/mol. The molecule has 0 aliphatic rings. The van der Waals surface area contributed by atoms with E-state index >= 15 is 0 Å². The molecule has 0 unspecified atom stereocenters. The van der Waals surface area contributed by atoms with Gasteiger partial charge in [-0.1, -0.05) is 38.1 Å². The van der Waals surface area contributed by atoms with Crippen molar-refractivity contribution in [2.75, 3.05) is 13.1 Å². The lowest BCUT2D eigenvalue weighted by molar-refractivity contribution is 0.0844. The first kappa shape index (κ1) is 21.4. The maximum Gasteiger partial charge on any atom is 0.288 e. The zero-order valence-corrected chi connectivity index (χ0v) is 17.4. The summed E-state index contributed by atoms with van der Waals surface area (Å²) >= 11 is 0. The Labute approximate surface area is 174 Å². The van der Waals surface area contributed by atoms with Crippen molar-refractivity contribution in [1.29, 1.82) is 0 Å². The second kappa shape index (κ2) is 9.02. The van der Waals surface area contributed by atoms with Gasteiger partial charge >= 0.3 is 0 Å². The lowest BCUT2D eigenvalue weighted by Gasteiger charge is -2.18. The monoisotopic (exact) mass is 426 g/mol. The number of carbonyl (C=O) groups is 2. The molecule has 2 N–H and O–H groups in total. The Bertz CT molecular complexity index is 1170. The highest BCUT2D eigenvalue weighted by atomic mass is 32.2. The number of hydrogen-bond acceptors (Lipinski definition) is 5. The Hall–Kier alpha value is -3.30. The van der Waals surface area contributed by atoms with Gasteiger partial charge in [0.25, 0.3) is 11.8 Å². The Kier molecular flexibility index (Phi) is 6.43. The van der Waals surface area contributed by atoms with Crippen molar-refractivity contribution >= 4 is 32.7 Å². The van der Waals surface area contributed by atoms with E-state index in [1.54, 1.807) is 32.0 Å². The molecule has 156 valence electrons. The maximum absolute atomic E-state index is 12.5. The number of pyridine rings is 1. The highest BCUT2D eigenvalue weighted by Crippen LogP contribution is 2.16. The minimum Gasteiger partial charge on any atom is -0.267 e. The average molecular weight is 426 g/mol. The highest BCUT2D eigenvalue weighted by Gasteiger charge is 2.21. The third-order valence-electron chi connectivity index (χ3n) is 4.58. The van der Waals surface area contributed by atoms with E-state index in [1.807, 2.05) is 18.2 Å².